The number of ketones is 2. The van der Waals surface area contributed by atoms with E-state index in [0.717, 1.165) is 111 Å². The van der Waals surface area contributed by atoms with Crippen LogP contribution in [0.3, 0.4) is 0 Å². The van der Waals surface area contributed by atoms with Crippen molar-refractivity contribution in [3.8, 4) is 34.5 Å². The summed E-state index contributed by atoms with van der Waals surface area (Å²) in [6.07, 6.45) is 7.75. The van der Waals surface area contributed by atoms with Gasteiger partial charge in [-0.25, -0.2) is 28.8 Å². The zero-order chi connectivity index (χ0) is 76.7. The molecule has 3 aromatic rings. The number of carboxylic acid groups (broad SMARTS) is 3. The van der Waals surface area contributed by atoms with Gasteiger partial charge in [-0.2, -0.15) is 40.5 Å². The molecule has 604 valence electrons. The molecule has 8 bridgehead atoms. The van der Waals surface area contributed by atoms with Gasteiger partial charge >= 0.3 is 36.2 Å². The summed E-state index contributed by atoms with van der Waals surface area (Å²) in [4.78, 5) is 106. The highest BCUT2D eigenvalue weighted by Gasteiger charge is 2.83. The number of likely N-dealkylation sites (N-methyl/N-ethyl adjacent to an activating group) is 2. The highest BCUT2D eigenvalue weighted by Crippen LogP contribution is 2.78. The first kappa shape index (κ1) is 82.9. The molecule has 26 nitrogen and oxygen atoms in total. The van der Waals surface area contributed by atoms with Crippen molar-refractivity contribution in [3.05, 3.63) is 69.8 Å². The number of methoxy groups -OCH3 is 1. The number of likely N-dealkylation sites (tertiary alicyclic amines) is 3. The van der Waals surface area contributed by atoms with E-state index in [2.05, 4.69) is 64.5 Å². The summed E-state index contributed by atoms with van der Waals surface area (Å²) in [5.74, 6) is -1.19. The monoisotopic (exact) mass is 1580 g/mol. The number of carbonyl (C=O) groups excluding carboxylic acids is 5. The molecule has 8 N–H and O–H groups in total. The standard InChI is InChI=1S/C35H50N2O7.C23H28N2O7.C23H28N2O6.3H2S/c1-19(2)26(28(38)39)36-30(40)43-22-11-10-21-16-24-33-12-13-35(42-7,23(17-33)32(6,41)31(3,4)5)29-34(33,25(21)27(22)44-29)14-15-37(24)18-20-8-9-20;1-11(2)17(20(27)28)24-21(29)31-14-5-4-12-10-15-23(30)7-6-13(26)19-22(23,8-9-25(15)3)16(12)18(14)32-19;1-11(2)18(21(27)28)24-22(29)30-16-7-4-12-10-14-13-5-6-15(26)20-23(13,8-9-25(14)3)17(12)19(16)31-20;;;/h10-11,19-20,23-24,26,29,41H,8-9,12-18H2,1-7H3,(H,36,40)(H,38,39);4-5,11,15,17,19,30H,6-10H2,1-3H3,(H,24,29)(H,27,28);4,7,11,13-14,18,20H,5-6,8-10H2,1-3H3,(H,24,29)(H,27,28);3*1H2/t23-,24-,26-,29?,32-,33-,34+,35-;15-,17-,19?,22+,23-;13?,14-,18-,20?,23+;;;/m111.../s1. The van der Waals surface area contributed by atoms with Crippen LogP contribution in [0.5, 0.6) is 34.5 Å². The van der Waals surface area contributed by atoms with Crippen LogP contribution in [0.15, 0.2) is 36.4 Å². The molecule has 29 heteroatoms. The Hall–Kier alpha value is -6.57. The predicted octanol–water partition coefficient (Wildman–Crippen LogP) is 8.60. The summed E-state index contributed by atoms with van der Waals surface area (Å²) in [6, 6.07) is 8.44. The van der Waals surface area contributed by atoms with E-state index in [0.29, 0.717) is 66.7 Å². The molecule has 0 radical (unpaired) electrons. The van der Waals surface area contributed by atoms with Crippen molar-refractivity contribution in [3.63, 3.8) is 0 Å². The molecule has 9 fully saturated rings. The van der Waals surface area contributed by atoms with Crippen LogP contribution in [0.2, 0.25) is 0 Å². The van der Waals surface area contributed by atoms with Gasteiger partial charge in [0.1, 0.15) is 29.8 Å². The van der Waals surface area contributed by atoms with Gasteiger partial charge in [-0.15, -0.1) is 0 Å². The molecule has 3 amide bonds. The Balaban J connectivity index is 0.000000155. The maximum absolute atomic E-state index is 13.1. The fourth-order valence-electron chi connectivity index (χ4n) is 23.2. The summed E-state index contributed by atoms with van der Waals surface area (Å²) in [6.45, 7) is 22.4. The second-order valence-corrected chi connectivity index (χ2v) is 35.9. The van der Waals surface area contributed by atoms with Crippen LogP contribution in [0.1, 0.15) is 180 Å². The largest absolute Gasteiger partial charge is 0.482 e. The van der Waals surface area contributed by atoms with Crippen LogP contribution in [0, 0.1) is 46.3 Å². The number of ether oxygens (including phenoxy) is 7. The van der Waals surface area contributed by atoms with Crippen LogP contribution in [-0.2, 0) is 64.2 Å². The van der Waals surface area contributed by atoms with Gasteiger partial charge < -0.3 is 84.4 Å². The van der Waals surface area contributed by atoms with E-state index in [-0.39, 0.29) is 127 Å². The number of piperidine rings is 3. The van der Waals surface area contributed by atoms with Gasteiger partial charge in [0.2, 0.25) is 0 Å². The molecule has 3 aromatic carbocycles. The second kappa shape index (κ2) is 29.1. The third-order valence-electron chi connectivity index (χ3n) is 28.9. The van der Waals surface area contributed by atoms with Gasteiger partial charge in [0.05, 0.1) is 16.6 Å². The summed E-state index contributed by atoms with van der Waals surface area (Å²) in [5, 5.41) is 60.0. The van der Waals surface area contributed by atoms with Crippen molar-refractivity contribution in [2.24, 2.45) is 46.3 Å². The minimum absolute atomic E-state index is 0. The number of amides is 3. The molecule has 110 heavy (non-hydrogen) atoms. The number of nitrogens with one attached hydrogen (secondary N) is 3. The van der Waals surface area contributed by atoms with Gasteiger partial charge in [-0.1, -0.05) is 80.5 Å². The maximum Gasteiger partial charge on any atom is 0.413 e. The summed E-state index contributed by atoms with van der Waals surface area (Å²) >= 11 is 0. The Bertz CT molecular complexity index is 4230. The van der Waals surface area contributed by atoms with Crippen LogP contribution < -0.4 is 44.4 Å². The lowest BCUT2D eigenvalue weighted by atomic mass is 9.33. The molecule has 4 spiro atoms. The average molecular weight is 1590 g/mol. The first-order valence-corrected chi connectivity index (χ1v) is 38.8. The zero-order valence-corrected chi connectivity index (χ0v) is 68.3. The second-order valence-electron chi connectivity index (χ2n) is 35.9. The minimum atomic E-state index is -1.15. The zero-order valence-electron chi connectivity index (χ0n) is 65.3. The number of hydrogen-bond acceptors (Lipinski definition) is 20. The molecule has 18 rings (SSSR count). The number of nitrogens with zero attached hydrogens (tertiary/aromatic N) is 3. The Labute approximate surface area is 663 Å². The van der Waals surface area contributed by atoms with Gasteiger partial charge in [-0.05, 0) is 194 Å². The van der Waals surface area contributed by atoms with Gasteiger partial charge in [0.15, 0.2) is 58.3 Å². The third kappa shape index (κ3) is 12.1. The summed E-state index contributed by atoms with van der Waals surface area (Å²) < 4.78 is 43.1. The Morgan fingerprint density at radius 2 is 1.05 bits per heavy atom. The first-order chi connectivity index (χ1) is 50.5. The van der Waals surface area contributed by atoms with Crippen molar-refractivity contribution in [1.82, 2.24) is 30.7 Å². The van der Waals surface area contributed by atoms with E-state index in [9.17, 15) is 63.9 Å². The number of carbonyl (C=O) groups is 8. The van der Waals surface area contributed by atoms with Crippen LogP contribution in [0.4, 0.5) is 14.4 Å². The Morgan fingerprint density at radius 1 is 0.573 bits per heavy atom. The highest BCUT2D eigenvalue weighted by atomic mass is 32.1. The van der Waals surface area contributed by atoms with Crippen molar-refractivity contribution < 1.29 is 97.0 Å². The topological polar surface area (TPSA) is 348 Å². The lowest BCUT2D eigenvalue weighted by Crippen LogP contribution is -2.83. The van der Waals surface area contributed by atoms with E-state index in [1.54, 1.807) is 60.8 Å². The van der Waals surface area contributed by atoms with Gasteiger partial charge in [0.25, 0.3) is 0 Å². The lowest BCUT2D eigenvalue weighted by Gasteiger charge is -2.75. The summed E-state index contributed by atoms with van der Waals surface area (Å²) in [5.41, 5.74) is 1.45. The molecule has 15 aliphatic rings. The van der Waals surface area contributed by atoms with E-state index in [1.165, 1.54) is 18.4 Å². The van der Waals surface area contributed by atoms with E-state index < -0.39 is 88.7 Å². The number of hydrogen-bond donors (Lipinski definition) is 8. The number of fused-ring (bicyclic) bond motifs is 2. The predicted molar refractivity (Wildman–Crippen MR) is 417 cm³/mol. The quantitative estimate of drug-likeness (QED) is 0.0665. The van der Waals surface area contributed by atoms with Crippen LogP contribution in [-0.4, -0.2) is 207 Å². The number of aliphatic hydroxyl groups is 2. The smallest absolute Gasteiger partial charge is 0.413 e. The minimum Gasteiger partial charge on any atom is -0.482 e. The molecule has 4 unspecified atom stereocenters. The molecule has 3 saturated heterocycles. The highest BCUT2D eigenvalue weighted by molar-refractivity contribution is 7.59. The number of rotatable bonds is 16. The van der Waals surface area contributed by atoms with Crippen molar-refractivity contribution >= 4 is 88.2 Å². The van der Waals surface area contributed by atoms with E-state index in [1.807, 2.05) is 32.2 Å². The van der Waals surface area contributed by atoms with Gasteiger partial charge in [0, 0.05) is 83.5 Å². The molecule has 6 saturated carbocycles. The van der Waals surface area contributed by atoms with Crippen LogP contribution >= 0.6 is 40.5 Å². The lowest BCUT2D eigenvalue weighted by molar-refractivity contribution is -0.312. The third-order valence-corrected chi connectivity index (χ3v) is 28.9. The Morgan fingerprint density at radius 3 is 1.55 bits per heavy atom. The maximum atomic E-state index is 13.1. The molecular formula is C81H112N6O20S3. The SMILES string of the molecule is CC(C)[C@@H](NC(=O)Oc1ccc2c3c1OC1C(=O)CCC4[C@@H](C2)N(C)CC[C@]314)C(=O)O.CC(C)[C@@H](NC(=O)Oc1ccc2c3c1OC1C(=O)CC[C@@]4(O)[C@@H](C2)N(C)CC[C@]314)C(=O)O.CO[C@]12CC[C@@]3(C[C@@H]1[C@@](C)(O)C(C)(C)C)[C@H]1Cc4ccc(OC(=O)N[C@@H](C(=O)O)C(C)C)c5c4[C@@]3(CCN1CC1CC1)C2O5.S.S.S. The molecular weight excluding hydrogens is 1470 g/mol. The van der Waals surface area contributed by atoms with Crippen molar-refractivity contribution in [2.45, 2.75) is 253 Å². The van der Waals surface area contributed by atoms with Crippen molar-refractivity contribution in [1.29, 1.82) is 0 Å². The fourth-order valence-corrected chi connectivity index (χ4v) is 23.2. The molecule has 9 aliphatic carbocycles. The molecule has 6 aliphatic heterocycles. The van der Waals surface area contributed by atoms with Crippen LogP contribution in [0.25, 0.3) is 0 Å². The number of aliphatic carboxylic acids is 3. The van der Waals surface area contributed by atoms with E-state index in [4.69, 9.17) is 33.2 Å². The fraction of sp³-hybridized carbons (Fsp3) is 0.679. The van der Waals surface area contributed by atoms with E-state index >= 15 is 0 Å². The Kier molecular flexibility index (Phi) is 21.9. The van der Waals surface area contributed by atoms with Crippen molar-refractivity contribution in [2.75, 3.05) is 47.4 Å². The molecule has 18 atom stereocenters. The molecule has 0 aromatic heterocycles. The molecule has 6 heterocycles. The average Bonchev–Trinajstić information content (AvgIpc) is 1.34. The normalized spacial score (nSPS) is 33.5. The number of benzene rings is 3. The number of Topliss-reactive ketones (excluding diaryl/α,β-unsaturated/α-hetero) is 2. The number of carboxylic acids is 3. The van der Waals surface area contributed by atoms with Gasteiger partial charge in [-0.3, -0.25) is 14.5 Å². The first-order valence-electron chi connectivity index (χ1n) is 38.8. The summed E-state index contributed by atoms with van der Waals surface area (Å²) in [7, 11) is 5.93.